The van der Waals surface area contributed by atoms with Crippen LogP contribution in [-0.2, 0) is 11.2 Å². The molecule has 0 radical (unpaired) electrons. The maximum atomic E-state index is 5.41. The van der Waals surface area contributed by atoms with Gasteiger partial charge in [0.15, 0.2) is 0 Å². The molecule has 1 aliphatic heterocycles. The van der Waals surface area contributed by atoms with Crippen LogP contribution < -0.4 is 5.32 Å². The number of benzene rings is 1. The number of nitrogens with zero attached hydrogens (tertiary/aromatic N) is 1. The number of H-pyrrole nitrogens is 1. The molecule has 1 aromatic heterocycles. The maximum Gasteiger partial charge on any atom is 0.124 e. The summed E-state index contributed by atoms with van der Waals surface area (Å²) in [5, 5.41) is 3.47. The maximum absolute atomic E-state index is 5.41. The van der Waals surface area contributed by atoms with E-state index in [4.69, 9.17) is 9.72 Å². The molecule has 106 valence electrons. The summed E-state index contributed by atoms with van der Waals surface area (Å²) < 4.78 is 5.41. The van der Waals surface area contributed by atoms with E-state index in [0.29, 0.717) is 0 Å². The fourth-order valence-electron chi connectivity index (χ4n) is 2.78. The van der Waals surface area contributed by atoms with Crippen LogP contribution in [0.25, 0.3) is 11.3 Å². The van der Waals surface area contributed by atoms with Gasteiger partial charge in [0.1, 0.15) is 5.82 Å². The molecule has 20 heavy (non-hydrogen) atoms. The Morgan fingerprint density at radius 3 is 2.75 bits per heavy atom. The lowest BCUT2D eigenvalue weighted by atomic mass is 10.1. The van der Waals surface area contributed by atoms with Crippen molar-refractivity contribution in [3.63, 3.8) is 0 Å². The first-order chi connectivity index (χ1) is 9.81. The Hall–Kier alpha value is -1.65. The average Bonchev–Trinajstić information content (AvgIpc) is 3.14. The van der Waals surface area contributed by atoms with Crippen LogP contribution in [0.1, 0.15) is 30.9 Å². The van der Waals surface area contributed by atoms with E-state index in [0.717, 1.165) is 30.9 Å². The zero-order valence-corrected chi connectivity index (χ0v) is 12.0. The summed E-state index contributed by atoms with van der Waals surface area (Å²) in [6, 6.07) is 10.6. The number of aromatic nitrogens is 2. The van der Waals surface area contributed by atoms with Gasteiger partial charge >= 0.3 is 0 Å². The van der Waals surface area contributed by atoms with Crippen LogP contribution in [0, 0.1) is 0 Å². The highest BCUT2D eigenvalue weighted by Gasteiger charge is 2.28. The first kappa shape index (κ1) is 13.3. The Labute approximate surface area is 119 Å². The van der Waals surface area contributed by atoms with Crippen LogP contribution in [0.5, 0.6) is 0 Å². The molecule has 2 unspecified atom stereocenters. The van der Waals surface area contributed by atoms with E-state index in [1.165, 1.54) is 11.3 Å². The zero-order chi connectivity index (χ0) is 13.9. The van der Waals surface area contributed by atoms with E-state index in [2.05, 4.69) is 41.5 Å². The Balaban J connectivity index is 1.90. The predicted octanol–water partition coefficient (Wildman–Crippen LogP) is 2.69. The topological polar surface area (TPSA) is 49.9 Å². The van der Waals surface area contributed by atoms with Crippen LogP contribution in [0.2, 0.25) is 0 Å². The number of ether oxygens (including phenoxy) is 1. The molecule has 1 aliphatic rings. The number of methoxy groups -OCH3 is 1. The zero-order valence-electron chi connectivity index (χ0n) is 12.0. The minimum Gasteiger partial charge on any atom is -0.380 e. The lowest BCUT2D eigenvalue weighted by molar-refractivity contribution is 0.117. The molecular weight excluding hydrogens is 250 g/mol. The fourth-order valence-corrected chi connectivity index (χ4v) is 2.78. The molecule has 1 saturated heterocycles. The van der Waals surface area contributed by atoms with Crippen molar-refractivity contribution in [3.8, 4) is 11.3 Å². The summed E-state index contributed by atoms with van der Waals surface area (Å²) in [6.45, 7) is 3.05. The number of aryl methyl sites for hydroxylation is 1. The summed E-state index contributed by atoms with van der Waals surface area (Å²) in [4.78, 5) is 8.32. The van der Waals surface area contributed by atoms with Crippen molar-refractivity contribution in [1.29, 1.82) is 0 Å². The number of aromatic amines is 1. The molecule has 0 spiro atoms. The number of rotatable bonds is 4. The van der Waals surface area contributed by atoms with Crippen molar-refractivity contribution >= 4 is 0 Å². The van der Waals surface area contributed by atoms with E-state index in [1.807, 2.05) is 6.07 Å². The van der Waals surface area contributed by atoms with E-state index in [1.54, 1.807) is 7.11 Å². The van der Waals surface area contributed by atoms with Crippen LogP contribution in [0.15, 0.2) is 30.3 Å². The summed E-state index contributed by atoms with van der Waals surface area (Å²) in [6.07, 6.45) is 2.22. The number of hydrogen-bond acceptors (Lipinski definition) is 3. The van der Waals surface area contributed by atoms with Crippen LogP contribution in [0.4, 0.5) is 0 Å². The molecular formula is C16H21N3O. The molecule has 2 atom stereocenters. The Morgan fingerprint density at radius 2 is 2.10 bits per heavy atom. The summed E-state index contributed by atoms with van der Waals surface area (Å²) in [5.74, 6) is 1.03. The van der Waals surface area contributed by atoms with Crippen molar-refractivity contribution in [1.82, 2.24) is 15.3 Å². The quantitative estimate of drug-likeness (QED) is 0.899. The lowest BCUT2D eigenvalue weighted by Crippen LogP contribution is -2.16. The van der Waals surface area contributed by atoms with Crippen LogP contribution >= 0.6 is 0 Å². The van der Waals surface area contributed by atoms with Crippen molar-refractivity contribution in [2.24, 2.45) is 0 Å². The van der Waals surface area contributed by atoms with Gasteiger partial charge in [-0.2, -0.15) is 0 Å². The first-order valence-electron chi connectivity index (χ1n) is 7.22. The normalized spacial score (nSPS) is 22.3. The molecule has 4 heteroatoms. The van der Waals surface area contributed by atoms with Crippen molar-refractivity contribution in [2.75, 3.05) is 13.7 Å². The smallest absolute Gasteiger partial charge is 0.124 e. The van der Waals surface area contributed by atoms with Crippen molar-refractivity contribution < 1.29 is 4.74 Å². The molecule has 2 heterocycles. The summed E-state index contributed by atoms with van der Waals surface area (Å²) >= 11 is 0. The number of hydrogen-bond donors (Lipinski definition) is 2. The second-order valence-corrected chi connectivity index (χ2v) is 5.22. The van der Waals surface area contributed by atoms with Gasteiger partial charge in [0, 0.05) is 24.9 Å². The second-order valence-electron chi connectivity index (χ2n) is 5.22. The van der Waals surface area contributed by atoms with Crippen molar-refractivity contribution in [3.05, 3.63) is 41.9 Å². The molecule has 0 bridgehead atoms. The molecule has 0 saturated carbocycles. The Kier molecular flexibility index (Phi) is 3.85. The molecule has 0 amide bonds. The van der Waals surface area contributed by atoms with Gasteiger partial charge < -0.3 is 15.0 Å². The van der Waals surface area contributed by atoms with Gasteiger partial charge in [0.2, 0.25) is 0 Å². The third-order valence-electron chi connectivity index (χ3n) is 3.95. The molecule has 4 nitrogen and oxygen atoms in total. The molecule has 2 N–H and O–H groups in total. The van der Waals surface area contributed by atoms with E-state index in [-0.39, 0.29) is 12.1 Å². The monoisotopic (exact) mass is 271 g/mol. The highest BCUT2D eigenvalue weighted by Crippen LogP contribution is 2.28. The summed E-state index contributed by atoms with van der Waals surface area (Å²) in [5.41, 5.74) is 3.45. The minimum absolute atomic E-state index is 0.266. The number of imidazole rings is 1. The van der Waals surface area contributed by atoms with Gasteiger partial charge in [-0.05, 0) is 12.8 Å². The average molecular weight is 271 g/mol. The molecule has 2 aromatic rings. The first-order valence-corrected chi connectivity index (χ1v) is 7.22. The van der Waals surface area contributed by atoms with E-state index < -0.39 is 0 Å². The largest absolute Gasteiger partial charge is 0.380 e. The van der Waals surface area contributed by atoms with Crippen LogP contribution in [0.3, 0.4) is 0 Å². The third-order valence-corrected chi connectivity index (χ3v) is 3.95. The van der Waals surface area contributed by atoms with Crippen molar-refractivity contribution in [2.45, 2.75) is 31.9 Å². The van der Waals surface area contributed by atoms with Gasteiger partial charge in [0.25, 0.3) is 0 Å². The van der Waals surface area contributed by atoms with Crippen LogP contribution in [-0.4, -0.2) is 29.7 Å². The number of nitrogens with one attached hydrogen (secondary N) is 2. The second kappa shape index (κ2) is 5.77. The van der Waals surface area contributed by atoms with Gasteiger partial charge in [-0.25, -0.2) is 4.98 Å². The highest BCUT2D eigenvalue weighted by atomic mass is 16.5. The Morgan fingerprint density at radius 1 is 1.30 bits per heavy atom. The molecule has 1 aromatic carbocycles. The molecule has 1 fully saturated rings. The van der Waals surface area contributed by atoms with E-state index in [9.17, 15) is 0 Å². The van der Waals surface area contributed by atoms with Gasteiger partial charge in [-0.3, -0.25) is 0 Å². The standard InChI is InChI=1S/C16H21N3O/c1-3-13-15(11-7-5-4-6-8-11)19-16(18-13)14-9-12(20-2)10-17-14/h4-8,12,14,17H,3,9-10H2,1-2H3,(H,18,19). The Bertz CT molecular complexity index is 564. The minimum atomic E-state index is 0.266. The SMILES string of the molecule is CCc1[nH]c(C2CC(OC)CN2)nc1-c1ccccc1. The van der Waals surface area contributed by atoms with Gasteiger partial charge in [-0.15, -0.1) is 0 Å². The van der Waals surface area contributed by atoms with E-state index >= 15 is 0 Å². The highest BCUT2D eigenvalue weighted by molar-refractivity contribution is 5.62. The molecule has 3 rings (SSSR count). The lowest BCUT2D eigenvalue weighted by Gasteiger charge is -2.06. The third kappa shape index (κ3) is 2.49. The predicted molar refractivity (Wildman–Crippen MR) is 79.6 cm³/mol. The fraction of sp³-hybridized carbons (Fsp3) is 0.438. The summed E-state index contributed by atoms with van der Waals surface area (Å²) in [7, 11) is 1.77. The van der Waals surface area contributed by atoms with Gasteiger partial charge in [-0.1, -0.05) is 37.3 Å². The van der Waals surface area contributed by atoms with Gasteiger partial charge in [0.05, 0.1) is 17.8 Å². The molecule has 0 aliphatic carbocycles.